The first kappa shape index (κ1) is 8.45. The average molecular weight is 175 g/mol. The molecule has 2 rings (SSSR count). The zero-order valence-electron chi connectivity index (χ0n) is 7.71. The van der Waals surface area contributed by atoms with E-state index in [1.807, 2.05) is 31.2 Å². The van der Waals surface area contributed by atoms with Crippen LogP contribution in [0.2, 0.25) is 0 Å². The van der Waals surface area contributed by atoms with Gasteiger partial charge in [-0.25, -0.2) is 0 Å². The molecule has 1 saturated heterocycles. The predicted octanol–water partition coefficient (Wildman–Crippen LogP) is 1.54. The van der Waals surface area contributed by atoms with Gasteiger partial charge in [-0.15, -0.1) is 0 Å². The molecule has 1 atom stereocenters. The summed E-state index contributed by atoms with van der Waals surface area (Å²) in [5.41, 5.74) is 1.93. The van der Waals surface area contributed by atoms with Crippen molar-refractivity contribution in [1.82, 2.24) is 5.32 Å². The molecule has 1 aliphatic heterocycles. The van der Waals surface area contributed by atoms with Crippen molar-refractivity contribution in [2.45, 2.75) is 19.4 Å². The molecule has 1 N–H and O–H groups in total. The summed E-state index contributed by atoms with van der Waals surface area (Å²) in [6.45, 7) is 2.95. The molecule has 0 aliphatic carbocycles. The third-order valence-corrected chi connectivity index (χ3v) is 2.55. The lowest BCUT2D eigenvalue weighted by atomic mass is 9.94. The Morgan fingerprint density at radius 1 is 1.46 bits per heavy atom. The van der Waals surface area contributed by atoms with Gasteiger partial charge in [0.05, 0.1) is 6.04 Å². The van der Waals surface area contributed by atoms with Crippen LogP contribution in [0.15, 0.2) is 24.3 Å². The normalized spacial score (nSPS) is 20.8. The second-order valence-electron chi connectivity index (χ2n) is 3.47. The number of benzene rings is 1. The molecule has 1 aliphatic rings. The minimum atomic E-state index is 0.0705. The lowest BCUT2D eigenvalue weighted by Gasteiger charge is -2.26. The highest BCUT2D eigenvalue weighted by Crippen LogP contribution is 2.14. The van der Waals surface area contributed by atoms with Crippen molar-refractivity contribution in [3.63, 3.8) is 0 Å². The van der Waals surface area contributed by atoms with E-state index in [4.69, 9.17) is 0 Å². The monoisotopic (exact) mass is 175 g/mol. The fourth-order valence-corrected chi connectivity index (χ4v) is 1.55. The Kier molecular flexibility index (Phi) is 2.15. The Hall–Kier alpha value is -1.15. The highest BCUT2D eigenvalue weighted by molar-refractivity contribution is 6.01. The first-order chi connectivity index (χ1) is 6.29. The molecule has 2 heteroatoms. The molecule has 1 aromatic carbocycles. The predicted molar refractivity (Wildman–Crippen MR) is 51.9 cm³/mol. The minimum Gasteiger partial charge on any atom is -0.307 e. The molecule has 1 fully saturated rings. The molecule has 13 heavy (non-hydrogen) atoms. The van der Waals surface area contributed by atoms with Crippen molar-refractivity contribution in [2.24, 2.45) is 0 Å². The van der Waals surface area contributed by atoms with Crippen molar-refractivity contribution in [1.29, 1.82) is 0 Å². The minimum absolute atomic E-state index is 0.0705. The molecule has 0 bridgehead atoms. The van der Waals surface area contributed by atoms with Crippen LogP contribution < -0.4 is 5.32 Å². The van der Waals surface area contributed by atoms with Crippen molar-refractivity contribution in [2.75, 3.05) is 6.54 Å². The van der Waals surface area contributed by atoms with Crippen LogP contribution >= 0.6 is 0 Å². The summed E-state index contributed by atoms with van der Waals surface area (Å²) in [7, 11) is 0. The molecule has 1 aromatic rings. The summed E-state index contributed by atoms with van der Waals surface area (Å²) in [6, 6.07) is 7.82. The van der Waals surface area contributed by atoms with Crippen molar-refractivity contribution in [3.8, 4) is 0 Å². The van der Waals surface area contributed by atoms with Gasteiger partial charge in [-0.05, 0) is 25.5 Å². The van der Waals surface area contributed by atoms with Gasteiger partial charge in [0.15, 0.2) is 5.78 Å². The Morgan fingerprint density at radius 3 is 2.69 bits per heavy atom. The number of hydrogen-bond donors (Lipinski definition) is 1. The molecule has 1 heterocycles. The van der Waals surface area contributed by atoms with Crippen LogP contribution in [-0.2, 0) is 0 Å². The van der Waals surface area contributed by atoms with Crippen molar-refractivity contribution < 1.29 is 4.79 Å². The lowest BCUT2D eigenvalue weighted by Crippen LogP contribution is -2.48. The van der Waals surface area contributed by atoms with Gasteiger partial charge in [-0.3, -0.25) is 4.79 Å². The smallest absolute Gasteiger partial charge is 0.180 e. The SMILES string of the molecule is Cc1ccccc1C(=O)C1CCN1. The highest BCUT2D eigenvalue weighted by Gasteiger charge is 2.25. The van der Waals surface area contributed by atoms with Crippen molar-refractivity contribution in [3.05, 3.63) is 35.4 Å². The molecular weight excluding hydrogens is 162 g/mol. The molecule has 0 radical (unpaired) electrons. The van der Waals surface area contributed by atoms with Crippen LogP contribution in [0.25, 0.3) is 0 Å². The van der Waals surface area contributed by atoms with Gasteiger partial charge in [-0.2, -0.15) is 0 Å². The van der Waals surface area contributed by atoms with Gasteiger partial charge < -0.3 is 5.32 Å². The molecular formula is C11H13NO. The van der Waals surface area contributed by atoms with E-state index < -0.39 is 0 Å². The Balaban J connectivity index is 2.24. The number of nitrogens with one attached hydrogen (secondary N) is 1. The quantitative estimate of drug-likeness (QED) is 0.691. The molecule has 0 aromatic heterocycles. The van der Waals surface area contributed by atoms with E-state index in [2.05, 4.69) is 5.32 Å². The van der Waals surface area contributed by atoms with Crippen LogP contribution in [0.3, 0.4) is 0 Å². The largest absolute Gasteiger partial charge is 0.307 e. The second-order valence-corrected chi connectivity index (χ2v) is 3.47. The fourth-order valence-electron chi connectivity index (χ4n) is 1.55. The topological polar surface area (TPSA) is 29.1 Å². The summed E-state index contributed by atoms with van der Waals surface area (Å²) in [5, 5.41) is 3.12. The third kappa shape index (κ3) is 1.49. The van der Waals surface area contributed by atoms with E-state index >= 15 is 0 Å². The van der Waals surface area contributed by atoms with Crippen LogP contribution in [0, 0.1) is 6.92 Å². The van der Waals surface area contributed by atoms with Gasteiger partial charge in [0.1, 0.15) is 0 Å². The Morgan fingerprint density at radius 2 is 2.15 bits per heavy atom. The summed E-state index contributed by atoms with van der Waals surface area (Å²) >= 11 is 0. The molecule has 2 nitrogen and oxygen atoms in total. The summed E-state index contributed by atoms with van der Waals surface area (Å²) in [4.78, 5) is 11.8. The van der Waals surface area contributed by atoms with Gasteiger partial charge in [0.25, 0.3) is 0 Å². The first-order valence-electron chi connectivity index (χ1n) is 4.62. The lowest BCUT2D eigenvalue weighted by molar-refractivity contribution is 0.0903. The number of Topliss-reactive ketones (excluding diaryl/α,β-unsaturated/α-hetero) is 1. The van der Waals surface area contributed by atoms with Crippen molar-refractivity contribution >= 4 is 5.78 Å². The second kappa shape index (κ2) is 3.30. The zero-order valence-corrected chi connectivity index (χ0v) is 7.71. The van der Waals surface area contributed by atoms with Gasteiger partial charge >= 0.3 is 0 Å². The van der Waals surface area contributed by atoms with E-state index in [-0.39, 0.29) is 11.8 Å². The van der Waals surface area contributed by atoms with Crippen LogP contribution in [0.1, 0.15) is 22.3 Å². The molecule has 0 saturated carbocycles. The van der Waals surface area contributed by atoms with E-state index in [1.54, 1.807) is 0 Å². The number of hydrogen-bond acceptors (Lipinski definition) is 2. The van der Waals surface area contributed by atoms with Crippen LogP contribution in [-0.4, -0.2) is 18.4 Å². The van der Waals surface area contributed by atoms with Crippen LogP contribution in [0.5, 0.6) is 0 Å². The summed E-state index contributed by atoms with van der Waals surface area (Å²) in [6.07, 6.45) is 0.979. The van der Waals surface area contributed by atoms with E-state index in [0.717, 1.165) is 24.1 Å². The first-order valence-corrected chi connectivity index (χ1v) is 4.62. The maximum Gasteiger partial charge on any atom is 0.180 e. The number of carbonyl (C=O) groups is 1. The molecule has 0 amide bonds. The number of rotatable bonds is 2. The Bertz CT molecular complexity index is 329. The maximum absolute atomic E-state index is 11.8. The van der Waals surface area contributed by atoms with E-state index in [1.165, 1.54) is 0 Å². The maximum atomic E-state index is 11.8. The molecule has 68 valence electrons. The summed E-state index contributed by atoms with van der Waals surface area (Å²) < 4.78 is 0. The molecule has 1 unspecified atom stereocenters. The number of aryl methyl sites for hydroxylation is 1. The number of ketones is 1. The zero-order chi connectivity index (χ0) is 9.26. The molecule has 0 spiro atoms. The number of carbonyl (C=O) groups excluding carboxylic acids is 1. The van der Waals surface area contributed by atoms with Gasteiger partial charge in [0.2, 0.25) is 0 Å². The Labute approximate surface area is 78.0 Å². The fraction of sp³-hybridized carbons (Fsp3) is 0.364. The third-order valence-electron chi connectivity index (χ3n) is 2.55. The highest BCUT2D eigenvalue weighted by atomic mass is 16.1. The van der Waals surface area contributed by atoms with Crippen LogP contribution in [0.4, 0.5) is 0 Å². The van der Waals surface area contributed by atoms with Gasteiger partial charge in [-0.1, -0.05) is 24.3 Å². The average Bonchev–Trinajstić information content (AvgIpc) is 2.01. The van der Waals surface area contributed by atoms with E-state index in [9.17, 15) is 4.79 Å². The van der Waals surface area contributed by atoms with Gasteiger partial charge in [0, 0.05) is 5.56 Å². The summed E-state index contributed by atoms with van der Waals surface area (Å²) in [5.74, 6) is 0.240. The standard InChI is InChI=1S/C11H13NO/c1-8-4-2-3-5-9(8)11(13)10-6-7-12-10/h2-5,10,12H,6-7H2,1H3. The van der Waals surface area contributed by atoms with E-state index in [0.29, 0.717) is 0 Å².